The number of nitrogens with one attached hydrogen (secondary N) is 1. The van der Waals surface area contributed by atoms with Crippen LogP contribution in [0.5, 0.6) is 0 Å². The van der Waals surface area contributed by atoms with Gasteiger partial charge in [-0.2, -0.15) is 0 Å². The van der Waals surface area contributed by atoms with E-state index >= 15 is 0 Å². The summed E-state index contributed by atoms with van der Waals surface area (Å²) in [5, 5.41) is 2.82. The molecule has 0 saturated carbocycles. The van der Waals surface area contributed by atoms with E-state index in [4.69, 9.17) is 10.5 Å². The number of anilines is 1. The number of benzene rings is 1. The summed E-state index contributed by atoms with van der Waals surface area (Å²) in [4.78, 5) is 11.9. The van der Waals surface area contributed by atoms with E-state index in [1.165, 1.54) is 0 Å². The molecule has 98 valence electrons. The van der Waals surface area contributed by atoms with Crippen LogP contribution in [0.2, 0.25) is 0 Å². The number of nitrogens with two attached hydrogens (primary N) is 1. The predicted octanol–water partition coefficient (Wildman–Crippen LogP) is 1.69. The number of hydrogen-bond acceptors (Lipinski definition) is 3. The van der Waals surface area contributed by atoms with E-state index in [1.54, 1.807) is 12.1 Å². The average Bonchev–Trinajstić information content (AvgIpc) is 2.37. The highest BCUT2D eigenvalue weighted by molar-refractivity contribution is 5.83. The molecule has 0 aromatic heterocycles. The molecule has 0 saturated heterocycles. The van der Waals surface area contributed by atoms with Gasteiger partial charge in [-0.05, 0) is 24.6 Å². The molecule has 4 nitrogen and oxygen atoms in total. The van der Waals surface area contributed by atoms with Gasteiger partial charge in [0.1, 0.15) is 0 Å². The summed E-state index contributed by atoms with van der Waals surface area (Å²) in [6, 6.07) is 7.37. The number of ether oxygens (including phenoxy) is 1. The Morgan fingerprint density at radius 1 is 1.61 bits per heavy atom. The summed E-state index contributed by atoms with van der Waals surface area (Å²) in [6.45, 7) is 6.89. The molecule has 0 aliphatic rings. The highest BCUT2D eigenvalue weighted by Gasteiger charge is 2.14. The molecule has 0 aliphatic heterocycles. The second-order valence-corrected chi connectivity index (χ2v) is 4.05. The van der Waals surface area contributed by atoms with Crippen molar-refractivity contribution in [3.05, 3.63) is 42.5 Å². The molecule has 1 aromatic carbocycles. The van der Waals surface area contributed by atoms with Crippen molar-refractivity contribution in [1.29, 1.82) is 0 Å². The van der Waals surface area contributed by atoms with Gasteiger partial charge in [-0.1, -0.05) is 18.2 Å². The number of nitrogen functional groups attached to an aromatic ring is 1. The van der Waals surface area contributed by atoms with Gasteiger partial charge in [-0.15, -0.1) is 6.58 Å². The lowest BCUT2D eigenvalue weighted by molar-refractivity contribution is -0.122. The molecule has 0 aliphatic carbocycles. The number of carbonyl (C=O) groups excluding carboxylic acids is 1. The Morgan fingerprint density at radius 2 is 2.39 bits per heavy atom. The van der Waals surface area contributed by atoms with Crippen molar-refractivity contribution >= 4 is 11.6 Å². The van der Waals surface area contributed by atoms with Crippen molar-refractivity contribution in [3.8, 4) is 0 Å². The van der Waals surface area contributed by atoms with E-state index in [2.05, 4.69) is 11.9 Å². The van der Waals surface area contributed by atoms with Crippen LogP contribution >= 0.6 is 0 Å². The summed E-state index contributed by atoms with van der Waals surface area (Å²) in [5.74, 6) is -0.240. The number of amides is 1. The quantitative estimate of drug-likeness (QED) is 0.438. The van der Waals surface area contributed by atoms with Gasteiger partial charge in [0.25, 0.3) is 0 Å². The molecular formula is C14H20N2O2. The van der Waals surface area contributed by atoms with Gasteiger partial charge in [0.05, 0.1) is 19.1 Å². The minimum atomic E-state index is -0.215. The zero-order chi connectivity index (χ0) is 13.4. The molecule has 0 heterocycles. The van der Waals surface area contributed by atoms with Gasteiger partial charge in [0, 0.05) is 12.2 Å². The minimum Gasteiger partial charge on any atom is -0.399 e. The van der Waals surface area contributed by atoms with Crippen LogP contribution in [0.15, 0.2) is 36.9 Å². The molecule has 0 spiro atoms. The second-order valence-electron chi connectivity index (χ2n) is 4.05. The van der Waals surface area contributed by atoms with Crippen LogP contribution in [0.4, 0.5) is 5.69 Å². The first kappa shape index (κ1) is 14.3. The maximum absolute atomic E-state index is 11.9. The molecule has 0 fully saturated rings. The van der Waals surface area contributed by atoms with Crippen LogP contribution < -0.4 is 11.1 Å². The Bertz CT molecular complexity index is 405. The highest BCUT2D eigenvalue weighted by atomic mass is 16.5. The molecule has 18 heavy (non-hydrogen) atoms. The summed E-state index contributed by atoms with van der Waals surface area (Å²) in [5.41, 5.74) is 7.27. The Hall–Kier alpha value is -1.81. The Labute approximate surface area is 108 Å². The van der Waals surface area contributed by atoms with Crippen molar-refractivity contribution in [2.45, 2.75) is 12.8 Å². The molecular weight excluding hydrogens is 228 g/mol. The van der Waals surface area contributed by atoms with Crippen molar-refractivity contribution in [2.75, 3.05) is 25.5 Å². The third-order valence-corrected chi connectivity index (χ3v) is 2.59. The zero-order valence-corrected chi connectivity index (χ0v) is 10.7. The van der Waals surface area contributed by atoms with Gasteiger partial charge < -0.3 is 15.8 Å². The predicted molar refractivity (Wildman–Crippen MR) is 73.3 cm³/mol. The fourth-order valence-corrected chi connectivity index (χ4v) is 1.55. The van der Waals surface area contributed by atoms with Crippen LogP contribution in [-0.4, -0.2) is 25.7 Å². The first-order valence-corrected chi connectivity index (χ1v) is 5.97. The summed E-state index contributed by atoms with van der Waals surface area (Å²) < 4.78 is 5.18. The third kappa shape index (κ3) is 4.59. The molecule has 1 rings (SSSR count). The molecule has 4 heteroatoms. The average molecular weight is 248 g/mol. The monoisotopic (exact) mass is 248 g/mol. The van der Waals surface area contributed by atoms with Gasteiger partial charge in [0.2, 0.25) is 5.91 Å². The van der Waals surface area contributed by atoms with E-state index in [-0.39, 0.29) is 11.8 Å². The van der Waals surface area contributed by atoms with Crippen LogP contribution in [0.3, 0.4) is 0 Å². The largest absolute Gasteiger partial charge is 0.399 e. The molecule has 0 bridgehead atoms. The van der Waals surface area contributed by atoms with E-state index < -0.39 is 0 Å². The highest BCUT2D eigenvalue weighted by Crippen LogP contribution is 2.17. The maximum Gasteiger partial charge on any atom is 0.227 e. The lowest BCUT2D eigenvalue weighted by Gasteiger charge is -2.13. The van der Waals surface area contributed by atoms with Crippen LogP contribution in [0, 0.1) is 0 Å². The second kappa shape index (κ2) is 7.50. The first-order valence-electron chi connectivity index (χ1n) is 5.97. The molecule has 0 radical (unpaired) electrons. The first-order chi connectivity index (χ1) is 8.65. The SMILES string of the molecule is C=CCOCCNC(=O)C(C)c1cccc(N)c1. The fourth-order valence-electron chi connectivity index (χ4n) is 1.55. The number of carbonyl (C=O) groups is 1. The summed E-state index contributed by atoms with van der Waals surface area (Å²) >= 11 is 0. The molecule has 3 N–H and O–H groups in total. The zero-order valence-electron chi connectivity index (χ0n) is 10.7. The lowest BCUT2D eigenvalue weighted by Crippen LogP contribution is -2.31. The van der Waals surface area contributed by atoms with Gasteiger partial charge in [0.15, 0.2) is 0 Å². The minimum absolute atomic E-state index is 0.0252. The standard InChI is InChI=1S/C14H20N2O2/c1-3-8-18-9-7-16-14(17)11(2)12-5-4-6-13(15)10-12/h3-6,10-11H,1,7-9,15H2,2H3,(H,16,17). The van der Waals surface area contributed by atoms with Crippen molar-refractivity contribution in [3.63, 3.8) is 0 Å². The van der Waals surface area contributed by atoms with Crippen LogP contribution in [0.25, 0.3) is 0 Å². The number of hydrogen-bond donors (Lipinski definition) is 2. The van der Waals surface area contributed by atoms with E-state index in [0.717, 1.165) is 5.56 Å². The maximum atomic E-state index is 11.9. The topological polar surface area (TPSA) is 64.3 Å². The Balaban J connectivity index is 2.39. The number of rotatable bonds is 7. The van der Waals surface area contributed by atoms with E-state index in [1.807, 2.05) is 25.1 Å². The third-order valence-electron chi connectivity index (χ3n) is 2.59. The van der Waals surface area contributed by atoms with Crippen molar-refractivity contribution < 1.29 is 9.53 Å². The van der Waals surface area contributed by atoms with Crippen LogP contribution in [0.1, 0.15) is 18.4 Å². The van der Waals surface area contributed by atoms with Crippen molar-refractivity contribution in [2.24, 2.45) is 0 Å². The normalized spacial score (nSPS) is 11.8. The summed E-state index contributed by atoms with van der Waals surface area (Å²) in [7, 11) is 0. The summed E-state index contributed by atoms with van der Waals surface area (Å²) in [6.07, 6.45) is 1.68. The fraction of sp³-hybridized carbons (Fsp3) is 0.357. The van der Waals surface area contributed by atoms with E-state index in [0.29, 0.717) is 25.4 Å². The van der Waals surface area contributed by atoms with E-state index in [9.17, 15) is 4.79 Å². The molecule has 1 unspecified atom stereocenters. The van der Waals surface area contributed by atoms with Gasteiger partial charge >= 0.3 is 0 Å². The smallest absolute Gasteiger partial charge is 0.227 e. The molecule has 1 atom stereocenters. The lowest BCUT2D eigenvalue weighted by atomic mass is 10.00. The van der Waals surface area contributed by atoms with Crippen LogP contribution in [-0.2, 0) is 9.53 Å². The Kier molecular flexibility index (Phi) is 5.94. The molecule has 1 amide bonds. The molecule has 1 aromatic rings. The van der Waals surface area contributed by atoms with Crippen molar-refractivity contribution in [1.82, 2.24) is 5.32 Å². The van der Waals surface area contributed by atoms with Gasteiger partial charge in [-0.25, -0.2) is 0 Å². The van der Waals surface area contributed by atoms with Gasteiger partial charge in [-0.3, -0.25) is 4.79 Å². The Morgan fingerprint density at radius 3 is 3.06 bits per heavy atom.